The lowest BCUT2D eigenvalue weighted by Crippen LogP contribution is -2.42. The van der Waals surface area contributed by atoms with E-state index in [-0.39, 0.29) is 23.5 Å². The minimum atomic E-state index is -0.383. The van der Waals surface area contributed by atoms with Crippen molar-refractivity contribution in [3.63, 3.8) is 0 Å². The summed E-state index contributed by atoms with van der Waals surface area (Å²) in [6.07, 6.45) is 1.31. The molecular formula is C14H16BrFN2O2. The fourth-order valence-corrected chi connectivity index (χ4v) is 2.90. The lowest BCUT2D eigenvalue weighted by molar-refractivity contribution is -0.125. The highest BCUT2D eigenvalue weighted by Crippen LogP contribution is 2.23. The molecule has 2 amide bonds. The Bertz CT molecular complexity index is 528. The summed E-state index contributed by atoms with van der Waals surface area (Å²) in [7, 11) is 1.62. The van der Waals surface area contributed by atoms with Gasteiger partial charge in [0.05, 0.1) is 5.56 Å². The number of carbonyl (C=O) groups excluding carboxylic acids is 2. The second-order valence-electron chi connectivity index (χ2n) is 4.80. The molecule has 0 atom stereocenters. The average molecular weight is 343 g/mol. The van der Waals surface area contributed by atoms with Crippen LogP contribution in [0.25, 0.3) is 0 Å². The van der Waals surface area contributed by atoms with Crippen molar-refractivity contribution in [1.82, 2.24) is 10.2 Å². The van der Waals surface area contributed by atoms with E-state index in [0.29, 0.717) is 36.0 Å². The molecular weight excluding hydrogens is 327 g/mol. The number of benzene rings is 1. The number of nitrogens with one attached hydrogen (secondary N) is 1. The first-order valence-electron chi connectivity index (χ1n) is 6.49. The molecule has 20 heavy (non-hydrogen) atoms. The molecule has 108 valence electrons. The lowest BCUT2D eigenvalue weighted by atomic mass is 9.95. The van der Waals surface area contributed by atoms with E-state index in [4.69, 9.17) is 0 Å². The highest BCUT2D eigenvalue weighted by atomic mass is 79.9. The first kappa shape index (κ1) is 15.0. The zero-order valence-electron chi connectivity index (χ0n) is 11.2. The largest absolute Gasteiger partial charge is 0.359 e. The Balaban J connectivity index is 2.03. The maximum absolute atomic E-state index is 13.0. The molecule has 0 aromatic heterocycles. The van der Waals surface area contributed by atoms with Crippen LogP contribution in [0.4, 0.5) is 4.39 Å². The molecule has 1 aromatic carbocycles. The van der Waals surface area contributed by atoms with Gasteiger partial charge in [0.1, 0.15) is 5.82 Å². The molecule has 1 aromatic rings. The molecule has 0 radical (unpaired) electrons. The molecule has 1 aliphatic heterocycles. The van der Waals surface area contributed by atoms with Gasteiger partial charge in [-0.2, -0.15) is 0 Å². The van der Waals surface area contributed by atoms with Crippen LogP contribution in [0, 0.1) is 11.7 Å². The number of rotatable bonds is 2. The second kappa shape index (κ2) is 6.35. The monoisotopic (exact) mass is 342 g/mol. The van der Waals surface area contributed by atoms with Crippen molar-refractivity contribution < 1.29 is 14.0 Å². The van der Waals surface area contributed by atoms with E-state index in [9.17, 15) is 14.0 Å². The standard InChI is InChI=1S/C14H16BrFN2O2/c1-17-13(19)9-4-6-18(7-5-9)14(20)11-3-2-10(16)8-12(11)15/h2-3,8-9H,4-7H2,1H3,(H,17,19). The van der Waals surface area contributed by atoms with Gasteiger partial charge in [0.2, 0.25) is 5.91 Å². The summed E-state index contributed by atoms with van der Waals surface area (Å²) >= 11 is 3.21. The Morgan fingerprint density at radius 1 is 1.35 bits per heavy atom. The quantitative estimate of drug-likeness (QED) is 0.895. The van der Waals surface area contributed by atoms with Gasteiger partial charge in [0.15, 0.2) is 0 Å². The zero-order chi connectivity index (χ0) is 14.7. The van der Waals surface area contributed by atoms with E-state index in [0.717, 1.165) is 0 Å². The number of amides is 2. The van der Waals surface area contributed by atoms with Gasteiger partial charge in [-0.15, -0.1) is 0 Å². The molecule has 1 heterocycles. The topological polar surface area (TPSA) is 49.4 Å². The number of likely N-dealkylation sites (tertiary alicyclic amines) is 1. The number of piperidine rings is 1. The summed E-state index contributed by atoms with van der Waals surface area (Å²) in [6, 6.07) is 4.03. The van der Waals surface area contributed by atoms with Gasteiger partial charge in [-0.25, -0.2) is 4.39 Å². The Labute approximate surface area is 125 Å². The van der Waals surface area contributed by atoms with Crippen LogP contribution in [-0.4, -0.2) is 36.9 Å². The summed E-state index contributed by atoms with van der Waals surface area (Å²) in [5.41, 5.74) is 0.449. The summed E-state index contributed by atoms with van der Waals surface area (Å²) in [6.45, 7) is 1.08. The van der Waals surface area contributed by atoms with Crippen LogP contribution < -0.4 is 5.32 Å². The zero-order valence-corrected chi connectivity index (χ0v) is 12.7. The first-order chi connectivity index (χ1) is 9.52. The molecule has 0 aliphatic carbocycles. The molecule has 0 saturated carbocycles. The van der Waals surface area contributed by atoms with Gasteiger partial charge in [-0.1, -0.05) is 0 Å². The molecule has 1 fully saturated rings. The van der Waals surface area contributed by atoms with Gasteiger partial charge in [-0.3, -0.25) is 9.59 Å². The van der Waals surface area contributed by atoms with E-state index in [1.807, 2.05) is 0 Å². The molecule has 1 N–H and O–H groups in total. The van der Waals surface area contributed by atoms with Crippen molar-refractivity contribution in [3.05, 3.63) is 34.1 Å². The van der Waals surface area contributed by atoms with Gasteiger partial charge >= 0.3 is 0 Å². The summed E-state index contributed by atoms with van der Waals surface area (Å²) < 4.78 is 13.5. The molecule has 4 nitrogen and oxygen atoms in total. The number of hydrogen-bond acceptors (Lipinski definition) is 2. The van der Waals surface area contributed by atoms with E-state index >= 15 is 0 Å². The maximum Gasteiger partial charge on any atom is 0.255 e. The normalized spacial score (nSPS) is 16.1. The van der Waals surface area contributed by atoms with Crippen molar-refractivity contribution in [2.24, 2.45) is 5.92 Å². The molecule has 1 aliphatic rings. The van der Waals surface area contributed by atoms with Crippen LogP contribution in [0.3, 0.4) is 0 Å². The van der Waals surface area contributed by atoms with Crippen molar-refractivity contribution >= 4 is 27.7 Å². The van der Waals surface area contributed by atoms with E-state index in [1.54, 1.807) is 11.9 Å². The number of nitrogens with zero attached hydrogens (tertiary/aromatic N) is 1. The van der Waals surface area contributed by atoms with Crippen molar-refractivity contribution in [2.45, 2.75) is 12.8 Å². The van der Waals surface area contributed by atoms with Crippen molar-refractivity contribution in [1.29, 1.82) is 0 Å². The predicted molar refractivity (Wildman–Crippen MR) is 76.8 cm³/mol. The van der Waals surface area contributed by atoms with Gasteiger partial charge in [-0.05, 0) is 47.0 Å². The molecule has 1 saturated heterocycles. The smallest absolute Gasteiger partial charge is 0.255 e. The van der Waals surface area contributed by atoms with Crippen LogP contribution in [0.15, 0.2) is 22.7 Å². The highest BCUT2D eigenvalue weighted by Gasteiger charge is 2.27. The number of halogens is 2. The van der Waals surface area contributed by atoms with Gasteiger partial charge < -0.3 is 10.2 Å². The minimum absolute atomic E-state index is 0.0271. The highest BCUT2D eigenvalue weighted by molar-refractivity contribution is 9.10. The third-order valence-corrected chi connectivity index (χ3v) is 4.22. The predicted octanol–water partition coefficient (Wildman–Crippen LogP) is 2.19. The van der Waals surface area contributed by atoms with Gasteiger partial charge in [0, 0.05) is 30.5 Å². The lowest BCUT2D eigenvalue weighted by Gasteiger charge is -2.31. The molecule has 2 rings (SSSR count). The molecule has 0 unspecified atom stereocenters. The van der Waals surface area contributed by atoms with Crippen molar-refractivity contribution in [2.75, 3.05) is 20.1 Å². The van der Waals surface area contributed by atoms with Crippen LogP contribution in [0.2, 0.25) is 0 Å². The van der Waals surface area contributed by atoms with Crippen LogP contribution in [0.1, 0.15) is 23.2 Å². The van der Waals surface area contributed by atoms with E-state index in [2.05, 4.69) is 21.2 Å². The summed E-state index contributed by atoms with van der Waals surface area (Å²) in [5.74, 6) is -0.514. The Kier molecular flexibility index (Phi) is 4.75. The van der Waals surface area contributed by atoms with Gasteiger partial charge in [0.25, 0.3) is 5.91 Å². The van der Waals surface area contributed by atoms with E-state index < -0.39 is 0 Å². The fourth-order valence-electron chi connectivity index (χ4n) is 2.38. The summed E-state index contributed by atoms with van der Waals surface area (Å²) in [5, 5.41) is 2.63. The summed E-state index contributed by atoms with van der Waals surface area (Å²) in [4.78, 5) is 25.6. The van der Waals surface area contributed by atoms with E-state index in [1.165, 1.54) is 18.2 Å². The number of carbonyl (C=O) groups is 2. The number of hydrogen-bond donors (Lipinski definition) is 1. The molecule has 6 heteroatoms. The van der Waals surface area contributed by atoms with Crippen molar-refractivity contribution in [3.8, 4) is 0 Å². The third-order valence-electron chi connectivity index (χ3n) is 3.56. The van der Waals surface area contributed by atoms with Crippen LogP contribution in [0.5, 0.6) is 0 Å². The second-order valence-corrected chi connectivity index (χ2v) is 5.66. The maximum atomic E-state index is 13.0. The average Bonchev–Trinajstić information content (AvgIpc) is 2.46. The molecule has 0 bridgehead atoms. The van der Waals surface area contributed by atoms with Crippen LogP contribution in [-0.2, 0) is 4.79 Å². The first-order valence-corrected chi connectivity index (χ1v) is 7.28. The SMILES string of the molecule is CNC(=O)C1CCN(C(=O)c2ccc(F)cc2Br)CC1. The Hall–Kier alpha value is -1.43. The van der Waals surface area contributed by atoms with Crippen LogP contribution >= 0.6 is 15.9 Å². The fraction of sp³-hybridized carbons (Fsp3) is 0.429. The third kappa shape index (κ3) is 3.17. The molecule has 0 spiro atoms. The Morgan fingerprint density at radius 2 is 2.00 bits per heavy atom. The Morgan fingerprint density at radius 3 is 2.55 bits per heavy atom. The minimum Gasteiger partial charge on any atom is -0.359 e.